The lowest BCUT2D eigenvalue weighted by atomic mass is 10.0. The first-order chi connectivity index (χ1) is 14.9. The molecular formula is C22H27N3O6. The highest BCUT2D eigenvalue weighted by molar-refractivity contribution is 5.89. The van der Waals surface area contributed by atoms with Crippen molar-refractivity contribution in [2.75, 3.05) is 11.9 Å². The summed E-state index contributed by atoms with van der Waals surface area (Å²) < 4.78 is 30.4. The van der Waals surface area contributed by atoms with E-state index in [4.69, 9.17) is 28.9 Å². The topological polar surface area (TPSA) is 111 Å². The number of rotatable bonds is 3. The average molecular weight is 429 g/mol. The van der Waals surface area contributed by atoms with E-state index in [-0.39, 0.29) is 6.10 Å². The lowest BCUT2D eigenvalue weighted by molar-refractivity contribution is -0.226. The monoisotopic (exact) mass is 429 g/mol. The molecule has 166 valence electrons. The highest BCUT2D eigenvalue weighted by atomic mass is 16.8. The van der Waals surface area contributed by atoms with Crippen molar-refractivity contribution in [2.24, 2.45) is 0 Å². The molecule has 4 aliphatic rings. The van der Waals surface area contributed by atoms with E-state index in [1.807, 2.05) is 13.8 Å². The predicted molar refractivity (Wildman–Crippen MR) is 108 cm³/mol. The van der Waals surface area contributed by atoms with Gasteiger partial charge in [-0.2, -0.15) is 5.26 Å². The van der Waals surface area contributed by atoms with Crippen LogP contribution in [0.1, 0.15) is 45.1 Å². The molecule has 5 rings (SSSR count). The van der Waals surface area contributed by atoms with E-state index in [0.717, 1.165) is 25.7 Å². The third-order valence-corrected chi connectivity index (χ3v) is 6.27. The van der Waals surface area contributed by atoms with E-state index in [1.54, 1.807) is 24.3 Å². The van der Waals surface area contributed by atoms with Crippen molar-refractivity contribution in [3.8, 4) is 6.07 Å². The minimum atomic E-state index is -0.802. The van der Waals surface area contributed by atoms with Crippen LogP contribution in [0.2, 0.25) is 0 Å². The number of carbonyl (C=O) groups excluding carboxylic acids is 1. The summed E-state index contributed by atoms with van der Waals surface area (Å²) in [6, 6.07) is 7.84. The number of nitriles is 1. The number of nitrogens with zero attached hydrogens (tertiary/aromatic N) is 1. The summed E-state index contributed by atoms with van der Waals surface area (Å²) in [5.41, 5.74) is 1.11. The fourth-order valence-corrected chi connectivity index (χ4v) is 4.88. The highest BCUT2D eigenvalue weighted by Crippen LogP contribution is 2.44. The predicted octanol–water partition coefficient (Wildman–Crippen LogP) is 2.61. The van der Waals surface area contributed by atoms with Crippen molar-refractivity contribution in [1.29, 1.82) is 5.26 Å². The van der Waals surface area contributed by atoms with Gasteiger partial charge < -0.3 is 34.3 Å². The Kier molecular flexibility index (Phi) is 5.15. The first-order valence-corrected chi connectivity index (χ1v) is 10.8. The Hall–Kier alpha value is -2.22. The van der Waals surface area contributed by atoms with Crippen LogP contribution < -0.4 is 10.6 Å². The molecule has 31 heavy (non-hydrogen) atoms. The van der Waals surface area contributed by atoms with Gasteiger partial charge in [0.2, 0.25) is 0 Å². The summed E-state index contributed by atoms with van der Waals surface area (Å²) in [6.45, 7) is 4.05. The van der Waals surface area contributed by atoms with Crippen molar-refractivity contribution in [2.45, 2.75) is 81.7 Å². The standard InChI is InChI=1S/C22H27N3O6/c1-21(2)30-18-16(25-20(26)24-14-7-5-13(11-23)6-8-14)17(28-19(18)31-21)15-12-27-22(29-15)9-3-4-10-22/h5-8,15-19H,3-4,9-10,12H2,1-2H3,(H2,24,25,26)/t15-,16-,17-,18-,19-/m1/s1. The van der Waals surface area contributed by atoms with E-state index in [1.165, 1.54) is 0 Å². The first-order valence-electron chi connectivity index (χ1n) is 10.8. The molecule has 0 bridgehead atoms. The summed E-state index contributed by atoms with van der Waals surface area (Å²) >= 11 is 0. The summed E-state index contributed by atoms with van der Waals surface area (Å²) in [5.74, 6) is -1.33. The number of ether oxygens (including phenoxy) is 5. The number of benzene rings is 1. The Morgan fingerprint density at radius 1 is 1.10 bits per heavy atom. The van der Waals surface area contributed by atoms with E-state index in [2.05, 4.69) is 16.7 Å². The van der Waals surface area contributed by atoms with Gasteiger partial charge in [0.1, 0.15) is 18.3 Å². The van der Waals surface area contributed by atoms with Gasteiger partial charge in [0, 0.05) is 18.5 Å². The second-order valence-corrected chi connectivity index (χ2v) is 8.97. The fourth-order valence-electron chi connectivity index (χ4n) is 4.88. The molecule has 2 amide bonds. The number of urea groups is 1. The molecule has 1 aliphatic carbocycles. The molecule has 1 aromatic rings. The van der Waals surface area contributed by atoms with E-state index >= 15 is 0 Å². The van der Waals surface area contributed by atoms with E-state index in [0.29, 0.717) is 17.9 Å². The normalized spacial score (nSPS) is 35.1. The highest BCUT2D eigenvalue weighted by Gasteiger charge is 2.59. The lowest BCUT2D eigenvalue weighted by Gasteiger charge is -2.30. The molecule has 1 aromatic carbocycles. The van der Waals surface area contributed by atoms with Gasteiger partial charge in [-0.1, -0.05) is 0 Å². The Balaban J connectivity index is 1.30. The van der Waals surface area contributed by atoms with Crippen LogP contribution in [0, 0.1) is 11.3 Å². The zero-order valence-electron chi connectivity index (χ0n) is 17.6. The van der Waals surface area contributed by atoms with Gasteiger partial charge in [0.05, 0.1) is 24.3 Å². The van der Waals surface area contributed by atoms with Gasteiger partial charge in [-0.05, 0) is 51.0 Å². The van der Waals surface area contributed by atoms with Crippen LogP contribution in [-0.2, 0) is 23.7 Å². The molecule has 4 fully saturated rings. The molecule has 0 unspecified atom stereocenters. The van der Waals surface area contributed by atoms with Crippen LogP contribution in [0.4, 0.5) is 10.5 Å². The van der Waals surface area contributed by atoms with Crippen LogP contribution in [0.15, 0.2) is 24.3 Å². The third-order valence-electron chi connectivity index (χ3n) is 6.27. The van der Waals surface area contributed by atoms with E-state index in [9.17, 15) is 4.79 Å². The van der Waals surface area contributed by atoms with E-state index < -0.39 is 42.1 Å². The third kappa shape index (κ3) is 4.02. The zero-order valence-corrected chi connectivity index (χ0v) is 17.6. The first kappa shape index (κ1) is 20.7. The quantitative estimate of drug-likeness (QED) is 0.760. The van der Waals surface area contributed by atoms with Gasteiger partial charge in [-0.3, -0.25) is 0 Å². The second-order valence-electron chi connectivity index (χ2n) is 8.97. The number of hydrogen-bond acceptors (Lipinski definition) is 7. The van der Waals surface area contributed by atoms with Gasteiger partial charge in [0.15, 0.2) is 17.9 Å². The molecule has 3 aliphatic heterocycles. The maximum Gasteiger partial charge on any atom is 0.319 e. The Morgan fingerprint density at radius 3 is 2.55 bits per heavy atom. The molecule has 9 heteroatoms. The van der Waals surface area contributed by atoms with Gasteiger partial charge in [-0.15, -0.1) is 0 Å². The number of nitrogens with one attached hydrogen (secondary N) is 2. The molecule has 9 nitrogen and oxygen atoms in total. The van der Waals surface area contributed by atoms with Gasteiger partial charge >= 0.3 is 6.03 Å². The van der Waals surface area contributed by atoms with Crippen LogP contribution >= 0.6 is 0 Å². The number of hydrogen-bond donors (Lipinski definition) is 2. The molecule has 3 heterocycles. The van der Waals surface area contributed by atoms with Crippen molar-refractivity contribution in [1.82, 2.24) is 5.32 Å². The van der Waals surface area contributed by atoms with Crippen molar-refractivity contribution < 1.29 is 28.5 Å². The molecule has 0 aromatic heterocycles. The van der Waals surface area contributed by atoms with Crippen LogP contribution in [0.5, 0.6) is 0 Å². The van der Waals surface area contributed by atoms with Gasteiger partial charge in [-0.25, -0.2) is 4.79 Å². The molecule has 3 saturated heterocycles. The van der Waals surface area contributed by atoms with Crippen molar-refractivity contribution in [3.05, 3.63) is 29.8 Å². The molecule has 2 N–H and O–H groups in total. The van der Waals surface area contributed by atoms with Gasteiger partial charge in [0.25, 0.3) is 0 Å². The number of fused-ring (bicyclic) bond motifs is 1. The maximum absolute atomic E-state index is 12.8. The molecule has 5 atom stereocenters. The molecule has 1 saturated carbocycles. The summed E-state index contributed by atoms with van der Waals surface area (Å²) in [4.78, 5) is 12.8. The molecule has 0 radical (unpaired) electrons. The Bertz CT molecular complexity index is 876. The fraction of sp³-hybridized carbons (Fsp3) is 0.636. The van der Waals surface area contributed by atoms with Crippen LogP contribution in [-0.4, -0.2) is 54.9 Å². The smallest absolute Gasteiger partial charge is 0.319 e. The molecule has 1 spiro atoms. The van der Waals surface area contributed by atoms with Crippen molar-refractivity contribution in [3.63, 3.8) is 0 Å². The second kappa shape index (κ2) is 7.73. The number of anilines is 1. The van der Waals surface area contributed by atoms with Crippen LogP contribution in [0.25, 0.3) is 0 Å². The Morgan fingerprint density at radius 2 is 1.84 bits per heavy atom. The minimum absolute atomic E-state index is 0.320. The number of carbonyl (C=O) groups is 1. The number of amides is 2. The Labute approximate surface area is 180 Å². The molecular weight excluding hydrogens is 402 g/mol. The largest absolute Gasteiger partial charge is 0.347 e. The lowest BCUT2D eigenvalue weighted by Crippen LogP contribution is -2.53. The zero-order chi connectivity index (χ0) is 21.6. The summed E-state index contributed by atoms with van der Waals surface area (Å²) in [7, 11) is 0. The van der Waals surface area contributed by atoms with Crippen molar-refractivity contribution >= 4 is 11.7 Å². The minimum Gasteiger partial charge on any atom is -0.347 e. The summed E-state index contributed by atoms with van der Waals surface area (Å²) in [5, 5.41) is 14.7. The van der Waals surface area contributed by atoms with Crippen LogP contribution in [0.3, 0.4) is 0 Å². The average Bonchev–Trinajstić information content (AvgIpc) is 3.49. The SMILES string of the molecule is CC1(C)O[C@H]2O[C@H]([C@H]3COC4(CCCC4)O3)[C@@H](NC(=O)Nc3ccc(C#N)cc3)[C@H]2O1. The maximum atomic E-state index is 12.8. The summed E-state index contributed by atoms with van der Waals surface area (Å²) in [6.07, 6.45) is 2.08.